The van der Waals surface area contributed by atoms with Crippen molar-refractivity contribution in [2.75, 3.05) is 0 Å². The largest absolute Gasteiger partial charge is 0.326 e. The second-order valence-corrected chi connectivity index (χ2v) is 6.18. The Morgan fingerprint density at radius 2 is 2.07 bits per heavy atom. The maximum absolute atomic E-state index is 4.50. The van der Waals surface area contributed by atoms with E-state index in [9.17, 15) is 0 Å². The lowest BCUT2D eigenvalue weighted by Crippen LogP contribution is -1.89. The zero-order chi connectivity index (χ0) is 10.3. The van der Waals surface area contributed by atoms with Gasteiger partial charge in [0.25, 0.3) is 0 Å². The molecule has 0 unspecified atom stereocenters. The standard InChI is InChI=1S/C9H8Br2N2S/c1-5-12-8(9(11)13(5)2)6-3-4-7(10)14-6/h3-4H,1-2H3. The number of halogens is 2. The van der Waals surface area contributed by atoms with E-state index >= 15 is 0 Å². The summed E-state index contributed by atoms with van der Waals surface area (Å²) < 4.78 is 4.19. The fourth-order valence-electron chi connectivity index (χ4n) is 1.18. The third-order valence-electron chi connectivity index (χ3n) is 2.06. The highest BCUT2D eigenvalue weighted by Crippen LogP contribution is 2.34. The molecule has 0 saturated heterocycles. The SMILES string of the molecule is Cc1nc(-c2ccc(Br)s2)c(Br)n1C. The zero-order valence-electron chi connectivity index (χ0n) is 7.71. The lowest BCUT2D eigenvalue weighted by molar-refractivity contribution is 0.840. The van der Waals surface area contributed by atoms with Gasteiger partial charge in [0.1, 0.15) is 16.1 Å². The predicted octanol–water partition coefficient (Wildman–Crippen LogP) is 3.98. The van der Waals surface area contributed by atoms with Crippen LogP contribution in [-0.2, 0) is 7.05 Å². The number of aromatic nitrogens is 2. The average molecular weight is 336 g/mol. The minimum absolute atomic E-state index is 1.01. The van der Waals surface area contributed by atoms with E-state index in [-0.39, 0.29) is 0 Å². The zero-order valence-corrected chi connectivity index (χ0v) is 11.7. The summed E-state index contributed by atoms with van der Waals surface area (Å²) in [5.74, 6) is 1.01. The molecule has 0 aliphatic rings. The molecule has 0 radical (unpaired) electrons. The summed E-state index contributed by atoms with van der Waals surface area (Å²) in [6, 6.07) is 4.11. The summed E-state index contributed by atoms with van der Waals surface area (Å²) in [4.78, 5) is 5.67. The maximum atomic E-state index is 4.50. The van der Waals surface area contributed by atoms with Crippen molar-refractivity contribution in [2.24, 2.45) is 7.05 Å². The fourth-order valence-corrected chi connectivity index (χ4v) is 3.25. The van der Waals surface area contributed by atoms with Gasteiger partial charge < -0.3 is 4.57 Å². The van der Waals surface area contributed by atoms with E-state index in [4.69, 9.17) is 0 Å². The van der Waals surface area contributed by atoms with Gasteiger partial charge in [-0.3, -0.25) is 0 Å². The van der Waals surface area contributed by atoms with Crippen LogP contribution in [0.4, 0.5) is 0 Å². The van der Waals surface area contributed by atoms with Crippen LogP contribution in [0.5, 0.6) is 0 Å². The van der Waals surface area contributed by atoms with Crippen LogP contribution in [0.15, 0.2) is 20.5 Å². The Hall–Kier alpha value is -0.130. The van der Waals surface area contributed by atoms with Gasteiger partial charge in [0, 0.05) is 7.05 Å². The van der Waals surface area contributed by atoms with E-state index in [1.807, 2.05) is 24.6 Å². The molecule has 0 amide bonds. The molecular formula is C9H8Br2N2S. The quantitative estimate of drug-likeness (QED) is 0.770. The van der Waals surface area contributed by atoms with E-state index in [0.29, 0.717) is 0 Å². The number of rotatable bonds is 1. The highest BCUT2D eigenvalue weighted by atomic mass is 79.9. The maximum Gasteiger partial charge on any atom is 0.113 e. The molecule has 0 spiro atoms. The first-order chi connectivity index (χ1) is 6.59. The highest BCUT2D eigenvalue weighted by molar-refractivity contribution is 9.11. The molecule has 2 heterocycles. The Kier molecular flexibility index (Phi) is 2.81. The molecule has 2 aromatic heterocycles. The van der Waals surface area contributed by atoms with Gasteiger partial charge in [-0.25, -0.2) is 4.98 Å². The van der Waals surface area contributed by atoms with Crippen molar-refractivity contribution in [3.8, 4) is 10.6 Å². The third kappa shape index (κ3) is 1.68. The van der Waals surface area contributed by atoms with Crippen molar-refractivity contribution in [2.45, 2.75) is 6.92 Å². The number of aryl methyl sites for hydroxylation is 1. The molecule has 14 heavy (non-hydrogen) atoms. The van der Waals surface area contributed by atoms with Gasteiger partial charge in [0.05, 0.1) is 8.66 Å². The van der Waals surface area contributed by atoms with Crippen molar-refractivity contribution in [1.29, 1.82) is 0 Å². The highest BCUT2D eigenvalue weighted by Gasteiger charge is 2.12. The molecule has 0 bridgehead atoms. The molecule has 0 aromatic carbocycles. The van der Waals surface area contributed by atoms with Crippen LogP contribution in [0.3, 0.4) is 0 Å². The minimum atomic E-state index is 1.01. The molecule has 0 fully saturated rings. The lowest BCUT2D eigenvalue weighted by atomic mass is 10.4. The monoisotopic (exact) mass is 334 g/mol. The molecule has 0 saturated carbocycles. The molecule has 74 valence electrons. The molecule has 0 aliphatic heterocycles. The van der Waals surface area contributed by atoms with Crippen molar-refractivity contribution >= 4 is 43.2 Å². The Labute approximate surface area is 103 Å². The Morgan fingerprint density at radius 3 is 2.50 bits per heavy atom. The minimum Gasteiger partial charge on any atom is -0.326 e. The average Bonchev–Trinajstić information content (AvgIpc) is 2.66. The normalized spacial score (nSPS) is 10.9. The van der Waals surface area contributed by atoms with E-state index in [1.54, 1.807) is 11.3 Å². The van der Waals surface area contributed by atoms with Gasteiger partial charge in [-0.1, -0.05) is 0 Å². The fraction of sp³-hybridized carbons (Fsp3) is 0.222. The molecule has 2 aromatic rings. The number of imidazole rings is 1. The first-order valence-corrected chi connectivity index (χ1v) is 6.44. The van der Waals surface area contributed by atoms with Crippen LogP contribution in [0.2, 0.25) is 0 Å². The predicted molar refractivity (Wildman–Crippen MR) is 66.7 cm³/mol. The Balaban J connectivity index is 2.57. The molecule has 0 atom stereocenters. The molecule has 0 N–H and O–H groups in total. The Bertz CT molecular complexity index is 473. The second kappa shape index (κ2) is 3.79. The van der Waals surface area contributed by atoms with Crippen molar-refractivity contribution in [1.82, 2.24) is 9.55 Å². The lowest BCUT2D eigenvalue weighted by Gasteiger charge is -1.95. The van der Waals surface area contributed by atoms with Crippen LogP contribution in [0.25, 0.3) is 10.6 Å². The van der Waals surface area contributed by atoms with Crippen LogP contribution in [0.1, 0.15) is 5.82 Å². The van der Waals surface area contributed by atoms with E-state index in [2.05, 4.69) is 42.9 Å². The van der Waals surface area contributed by atoms with Crippen LogP contribution < -0.4 is 0 Å². The van der Waals surface area contributed by atoms with E-state index in [1.165, 1.54) is 4.88 Å². The number of hydrogen-bond donors (Lipinski definition) is 0. The Morgan fingerprint density at radius 1 is 1.36 bits per heavy atom. The first-order valence-electron chi connectivity index (χ1n) is 4.04. The van der Waals surface area contributed by atoms with Crippen LogP contribution in [0, 0.1) is 6.92 Å². The molecule has 2 rings (SSSR count). The summed E-state index contributed by atoms with van der Waals surface area (Å²) in [7, 11) is 2.00. The summed E-state index contributed by atoms with van der Waals surface area (Å²) >= 11 is 8.67. The topological polar surface area (TPSA) is 17.8 Å². The second-order valence-electron chi connectivity index (χ2n) is 2.96. The van der Waals surface area contributed by atoms with Crippen LogP contribution >= 0.6 is 43.2 Å². The number of thiophene rings is 1. The van der Waals surface area contributed by atoms with Crippen LogP contribution in [-0.4, -0.2) is 9.55 Å². The molecular weight excluding hydrogens is 328 g/mol. The van der Waals surface area contributed by atoms with Crippen molar-refractivity contribution < 1.29 is 0 Å². The smallest absolute Gasteiger partial charge is 0.113 e. The number of hydrogen-bond acceptors (Lipinski definition) is 2. The first kappa shape index (κ1) is 10.4. The van der Waals surface area contributed by atoms with Gasteiger partial charge >= 0.3 is 0 Å². The third-order valence-corrected chi connectivity index (χ3v) is 4.59. The van der Waals surface area contributed by atoms with Crippen molar-refractivity contribution in [3.05, 3.63) is 26.3 Å². The summed E-state index contributed by atoms with van der Waals surface area (Å²) in [5, 5.41) is 0. The van der Waals surface area contributed by atoms with E-state index in [0.717, 1.165) is 19.9 Å². The van der Waals surface area contributed by atoms with Gasteiger partial charge in [-0.05, 0) is 50.9 Å². The summed E-state index contributed by atoms with van der Waals surface area (Å²) in [6.45, 7) is 2.00. The van der Waals surface area contributed by atoms with Gasteiger partial charge in [0.15, 0.2) is 0 Å². The van der Waals surface area contributed by atoms with Gasteiger partial charge in [-0.15, -0.1) is 11.3 Å². The number of nitrogens with zero attached hydrogens (tertiary/aromatic N) is 2. The molecule has 0 aliphatic carbocycles. The summed E-state index contributed by atoms with van der Waals surface area (Å²) in [6.07, 6.45) is 0. The molecule has 5 heteroatoms. The van der Waals surface area contributed by atoms with Gasteiger partial charge in [-0.2, -0.15) is 0 Å². The van der Waals surface area contributed by atoms with E-state index < -0.39 is 0 Å². The summed E-state index contributed by atoms with van der Waals surface area (Å²) in [5.41, 5.74) is 1.01. The van der Waals surface area contributed by atoms with Gasteiger partial charge in [0.2, 0.25) is 0 Å². The van der Waals surface area contributed by atoms with Crippen molar-refractivity contribution in [3.63, 3.8) is 0 Å². The molecule has 2 nitrogen and oxygen atoms in total.